The normalized spacial score (nSPS) is 10.3. The van der Waals surface area contributed by atoms with Crippen molar-refractivity contribution in [2.45, 2.75) is 6.42 Å². The van der Waals surface area contributed by atoms with Crippen molar-refractivity contribution in [1.29, 1.82) is 0 Å². The van der Waals surface area contributed by atoms with Gasteiger partial charge in [-0.25, -0.2) is 9.66 Å². The van der Waals surface area contributed by atoms with Gasteiger partial charge >= 0.3 is 0 Å². The Morgan fingerprint density at radius 3 is 2.81 bits per heavy atom. The van der Waals surface area contributed by atoms with E-state index in [2.05, 4.69) is 4.98 Å². The Kier molecular flexibility index (Phi) is 2.92. The van der Waals surface area contributed by atoms with Crippen molar-refractivity contribution in [3.05, 3.63) is 63.3 Å². The van der Waals surface area contributed by atoms with Gasteiger partial charge in [0.15, 0.2) is 0 Å². The fraction of sp³-hybridized carbons (Fsp3) is 0.0909. The predicted molar refractivity (Wildman–Crippen MR) is 62.9 cm³/mol. The third kappa shape index (κ3) is 2.23. The van der Waals surface area contributed by atoms with E-state index in [0.717, 1.165) is 15.9 Å². The molecule has 0 aromatic carbocycles. The van der Waals surface area contributed by atoms with Crippen molar-refractivity contribution in [1.82, 2.24) is 9.66 Å². The number of nitrogens with two attached hydrogens (primary N) is 1. The zero-order valence-electron chi connectivity index (χ0n) is 8.43. The summed E-state index contributed by atoms with van der Waals surface area (Å²) in [6, 6.07) is 8.47. The first kappa shape index (κ1) is 10.7. The lowest BCUT2D eigenvalue weighted by Crippen LogP contribution is -2.29. The molecule has 5 heteroatoms. The molecule has 0 saturated carbocycles. The Morgan fingerprint density at radius 1 is 1.31 bits per heavy atom. The standard InChI is InChI=1S/C11H10ClN3O/c12-10-5-4-8(7-14-10)6-9-2-1-3-11(16)15(9)13/h1-5,7H,6,13H2. The molecule has 0 unspecified atom stereocenters. The molecular weight excluding hydrogens is 226 g/mol. The third-order valence-electron chi connectivity index (χ3n) is 2.25. The zero-order valence-corrected chi connectivity index (χ0v) is 9.19. The highest BCUT2D eigenvalue weighted by Gasteiger charge is 2.02. The largest absolute Gasteiger partial charge is 0.336 e. The maximum Gasteiger partial charge on any atom is 0.268 e. The molecular formula is C11H10ClN3O. The number of aromatic nitrogens is 2. The van der Waals surface area contributed by atoms with Crippen LogP contribution in [0.25, 0.3) is 0 Å². The van der Waals surface area contributed by atoms with E-state index >= 15 is 0 Å². The number of nitrogen functional groups attached to an aromatic ring is 1. The molecule has 2 heterocycles. The van der Waals surface area contributed by atoms with E-state index in [1.807, 2.05) is 6.07 Å². The summed E-state index contributed by atoms with van der Waals surface area (Å²) in [6.45, 7) is 0. The van der Waals surface area contributed by atoms with Crippen LogP contribution >= 0.6 is 11.6 Å². The quantitative estimate of drug-likeness (QED) is 0.629. The van der Waals surface area contributed by atoms with Crippen LogP contribution in [0.3, 0.4) is 0 Å². The Balaban J connectivity index is 2.30. The lowest BCUT2D eigenvalue weighted by Gasteiger charge is -2.06. The van der Waals surface area contributed by atoms with E-state index in [1.54, 1.807) is 24.4 Å². The molecule has 16 heavy (non-hydrogen) atoms. The molecule has 2 aromatic rings. The van der Waals surface area contributed by atoms with Gasteiger partial charge in [-0.05, 0) is 17.7 Å². The van der Waals surface area contributed by atoms with Crippen LogP contribution in [-0.2, 0) is 6.42 Å². The van der Waals surface area contributed by atoms with Crippen LogP contribution in [0.4, 0.5) is 0 Å². The van der Waals surface area contributed by atoms with E-state index in [1.165, 1.54) is 6.07 Å². The minimum Gasteiger partial charge on any atom is -0.336 e. The Labute approximate surface area is 97.3 Å². The number of nitrogens with zero attached hydrogens (tertiary/aromatic N) is 2. The van der Waals surface area contributed by atoms with Gasteiger partial charge in [-0.3, -0.25) is 4.79 Å². The second-order valence-corrected chi connectivity index (χ2v) is 3.78. The number of pyridine rings is 2. The average Bonchev–Trinajstić information content (AvgIpc) is 2.28. The van der Waals surface area contributed by atoms with Gasteiger partial charge in [0.25, 0.3) is 5.56 Å². The van der Waals surface area contributed by atoms with Crippen LogP contribution < -0.4 is 11.4 Å². The lowest BCUT2D eigenvalue weighted by molar-refractivity contribution is 0.849. The van der Waals surface area contributed by atoms with Crippen LogP contribution in [0.15, 0.2) is 41.3 Å². The predicted octanol–water partition coefficient (Wildman–Crippen LogP) is 1.20. The number of hydrogen-bond acceptors (Lipinski definition) is 3. The molecule has 0 atom stereocenters. The summed E-state index contributed by atoms with van der Waals surface area (Å²) in [7, 11) is 0. The molecule has 0 amide bonds. The van der Waals surface area contributed by atoms with Gasteiger partial charge in [-0.15, -0.1) is 0 Å². The van der Waals surface area contributed by atoms with Gasteiger partial charge in [0.2, 0.25) is 0 Å². The van der Waals surface area contributed by atoms with Crippen LogP contribution in [0.5, 0.6) is 0 Å². The summed E-state index contributed by atoms with van der Waals surface area (Å²) in [6.07, 6.45) is 2.22. The molecule has 82 valence electrons. The van der Waals surface area contributed by atoms with Crippen molar-refractivity contribution in [3.63, 3.8) is 0 Å². The lowest BCUT2D eigenvalue weighted by atomic mass is 10.1. The van der Waals surface area contributed by atoms with E-state index in [9.17, 15) is 4.79 Å². The molecule has 2 N–H and O–H groups in total. The van der Waals surface area contributed by atoms with Crippen molar-refractivity contribution < 1.29 is 0 Å². The molecule has 2 aromatic heterocycles. The smallest absolute Gasteiger partial charge is 0.268 e. The van der Waals surface area contributed by atoms with E-state index in [-0.39, 0.29) is 5.56 Å². The summed E-state index contributed by atoms with van der Waals surface area (Å²) < 4.78 is 1.13. The van der Waals surface area contributed by atoms with Gasteiger partial charge in [0, 0.05) is 24.4 Å². The van der Waals surface area contributed by atoms with Gasteiger partial charge < -0.3 is 5.84 Å². The van der Waals surface area contributed by atoms with Crippen molar-refractivity contribution >= 4 is 11.6 Å². The Bertz CT molecular complexity index is 548. The summed E-state index contributed by atoms with van der Waals surface area (Å²) in [5.74, 6) is 5.62. The first-order chi connectivity index (χ1) is 7.66. The van der Waals surface area contributed by atoms with Crippen LogP contribution in [0.2, 0.25) is 5.15 Å². The fourth-order valence-electron chi connectivity index (χ4n) is 1.41. The zero-order chi connectivity index (χ0) is 11.5. The summed E-state index contributed by atoms with van der Waals surface area (Å²) in [5, 5.41) is 0.446. The maximum absolute atomic E-state index is 11.3. The second-order valence-electron chi connectivity index (χ2n) is 3.39. The minimum absolute atomic E-state index is 0.223. The number of halogens is 1. The molecule has 0 saturated heterocycles. The Morgan fingerprint density at radius 2 is 2.12 bits per heavy atom. The van der Waals surface area contributed by atoms with Crippen LogP contribution in [0.1, 0.15) is 11.3 Å². The van der Waals surface area contributed by atoms with Crippen molar-refractivity contribution in [3.8, 4) is 0 Å². The minimum atomic E-state index is -0.223. The Hall–Kier alpha value is -1.81. The van der Waals surface area contributed by atoms with Crippen molar-refractivity contribution in [2.24, 2.45) is 0 Å². The summed E-state index contributed by atoms with van der Waals surface area (Å²) in [4.78, 5) is 15.2. The van der Waals surface area contributed by atoms with Crippen LogP contribution in [0, 0.1) is 0 Å². The van der Waals surface area contributed by atoms with Gasteiger partial charge in [-0.2, -0.15) is 0 Å². The highest BCUT2D eigenvalue weighted by molar-refractivity contribution is 6.29. The topological polar surface area (TPSA) is 60.9 Å². The molecule has 0 bridgehead atoms. The van der Waals surface area contributed by atoms with Gasteiger partial charge in [0.05, 0.1) is 0 Å². The highest BCUT2D eigenvalue weighted by atomic mass is 35.5. The third-order valence-corrected chi connectivity index (χ3v) is 2.47. The average molecular weight is 236 g/mol. The van der Waals surface area contributed by atoms with Crippen LogP contribution in [-0.4, -0.2) is 9.66 Å². The molecule has 0 aliphatic heterocycles. The number of rotatable bonds is 2. The fourth-order valence-corrected chi connectivity index (χ4v) is 1.52. The monoisotopic (exact) mass is 235 g/mol. The molecule has 0 aliphatic rings. The van der Waals surface area contributed by atoms with Crippen molar-refractivity contribution in [2.75, 3.05) is 5.84 Å². The molecule has 0 aliphatic carbocycles. The number of hydrogen-bond donors (Lipinski definition) is 1. The molecule has 0 radical (unpaired) electrons. The first-order valence-electron chi connectivity index (χ1n) is 4.73. The van der Waals surface area contributed by atoms with Gasteiger partial charge in [0.1, 0.15) is 5.15 Å². The first-order valence-corrected chi connectivity index (χ1v) is 5.11. The molecule has 2 rings (SSSR count). The van der Waals surface area contributed by atoms with E-state index in [0.29, 0.717) is 11.6 Å². The molecule has 4 nitrogen and oxygen atoms in total. The van der Waals surface area contributed by atoms with E-state index < -0.39 is 0 Å². The molecule has 0 spiro atoms. The maximum atomic E-state index is 11.3. The SMILES string of the molecule is Nn1c(Cc2ccc(Cl)nc2)cccc1=O. The molecule has 0 fully saturated rings. The summed E-state index contributed by atoms with van der Waals surface area (Å²) in [5.41, 5.74) is 1.46. The van der Waals surface area contributed by atoms with Gasteiger partial charge in [-0.1, -0.05) is 23.7 Å². The second kappa shape index (κ2) is 4.37. The summed E-state index contributed by atoms with van der Waals surface area (Å²) >= 11 is 5.68. The van der Waals surface area contributed by atoms with E-state index in [4.69, 9.17) is 17.4 Å². The highest BCUT2D eigenvalue weighted by Crippen LogP contribution is 2.09.